The molecule has 2 saturated heterocycles. The second-order valence-corrected chi connectivity index (χ2v) is 9.43. The van der Waals surface area contributed by atoms with Crippen LogP contribution < -0.4 is 0 Å². The molecule has 4 heterocycles. The van der Waals surface area contributed by atoms with Crippen molar-refractivity contribution in [2.75, 3.05) is 26.2 Å². The van der Waals surface area contributed by atoms with E-state index >= 15 is 0 Å². The Morgan fingerprint density at radius 3 is 2.23 bits per heavy atom. The van der Waals surface area contributed by atoms with E-state index in [9.17, 15) is 31.1 Å². The first-order valence-electron chi connectivity index (χ1n) is 11.1. The summed E-state index contributed by atoms with van der Waals surface area (Å²) in [5, 5.41) is 17.3. The molecule has 0 saturated carbocycles. The van der Waals surface area contributed by atoms with E-state index in [0.717, 1.165) is 37.6 Å². The average Bonchev–Trinajstić information content (AvgIpc) is 3.56. The van der Waals surface area contributed by atoms with Gasteiger partial charge in [0.2, 0.25) is 5.91 Å². The second-order valence-electron chi connectivity index (χ2n) is 8.51. The van der Waals surface area contributed by atoms with Crippen molar-refractivity contribution in [3.8, 4) is 0 Å². The number of alkyl halides is 6. The van der Waals surface area contributed by atoms with Crippen molar-refractivity contribution in [3.63, 3.8) is 0 Å². The molecule has 4 rings (SSSR count). The number of carbonyl (C=O) groups is 3. The summed E-state index contributed by atoms with van der Waals surface area (Å²) in [5.74, 6) is -5.08. The van der Waals surface area contributed by atoms with E-state index in [2.05, 4.69) is 27.5 Å². The molecule has 9 nitrogen and oxygen atoms in total. The van der Waals surface area contributed by atoms with Crippen LogP contribution in [0.4, 0.5) is 26.3 Å². The largest absolute Gasteiger partial charge is 0.490 e. The summed E-state index contributed by atoms with van der Waals surface area (Å²) in [4.78, 5) is 44.1. The van der Waals surface area contributed by atoms with Crippen LogP contribution in [0.5, 0.6) is 0 Å². The first-order valence-corrected chi connectivity index (χ1v) is 12.0. The lowest BCUT2D eigenvalue weighted by Gasteiger charge is -2.27. The number of carboxylic acid groups (broad SMARTS) is 2. The Morgan fingerprint density at radius 2 is 1.77 bits per heavy atom. The predicted molar refractivity (Wildman–Crippen MR) is 126 cm³/mol. The molecular weight excluding hydrogens is 558 g/mol. The highest BCUT2D eigenvalue weighted by Gasteiger charge is 2.57. The van der Waals surface area contributed by atoms with Gasteiger partial charge in [0, 0.05) is 62.6 Å². The van der Waals surface area contributed by atoms with Crippen LogP contribution >= 0.6 is 11.3 Å². The molecule has 16 heteroatoms. The molecule has 2 fully saturated rings. The Morgan fingerprint density at radius 1 is 1.15 bits per heavy atom. The van der Waals surface area contributed by atoms with Crippen molar-refractivity contribution in [1.29, 1.82) is 0 Å². The molecule has 1 spiro atoms. The number of hydrogen-bond donors (Lipinski definition) is 2. The third kappa shape index (κ3) is 8.48. The zero-order chi connectivity index (χ0) is 29.4. The molecule has 2 unspecified atom stereocenters. The molecule has 0 bridgehead atoms. The molecule has 214 valence electrons. The van der Waals surface area contributed by atoms with E-state index in [0.29, 0.717) is 6.54 Å². The fourth-order valence-corrected chi connectivity index (χ4v) is 5.10. The Kier molecular flexibility index (Phi) is 10.6. The van der Waals surface area contributed by atoms with Gasteiger partial charge in [0.1, 0.15) is 0 Å². The fraction of sp³-hybridized carbons (Fsp3) is 0.435. The van der Waals surface area contributed by atoms with Gasteiger partial charge in [-0.1, -0.05) is 12.1 Å². The van der Waals surface area contributed by atoms with Gasteiger partial charge in [-0.05, 0) is 18.1 Å². The van der Waals surface area contributed by atoms with Crippen LogP contribution in [0.15, 0.2) is 48.8 Å². The van der Waals surface area contributed by atoms with E-state index < -0.39 is 24.3 Å². The lowest BCUT2D eigenvalue weighted by molar-refractivity contribution is -0.193. The molecule has 2 N–H and O–H groups in total. The highest BCUT2D eigenvalue weighted by atomic mass is 32.1. The Bertz CT molecular complexity index is 1110. The van der Waals surface area contributed by atoms with Crippen LogP contribution in [0.25, 0.3) is 0 Å². The topological polar surface area (TPSA) is 124 Å². The minimum Gasteiger partial charge on any atom is -0.475 e. The van der Waals surface area contributed by atoms with Crippen LogP contribution in [0.2, 0.25) is 0 Å². The van der Waals surface area contributed by atoms with E-state index in [1.165, 1.54) is 5.56 Å². The molecule has 0 aliphatic carbocycles. The number of thiazole rings is 1. The molecule has 1 amide bonds. The summed E-state index contributed by atoms with van der Waals surface area (Å²) in [7, 11) is 0. The maximum atomic E-state index is 13.2. The van der Waals surface area contributed by atoms with Gasteiger partial charge in [-0.2, -0.15) is 26.3 Å². The molecule has 2 aliphatic heterocycles. The first-order chi connectivity index (χ1) is 18.1. The number of pyridine rings is 1. The van der Waals surface area contributed by atoms with Crippen molar-refractivity contribution in [3.05, 3.63) is 59.3 Å². The van der Waals surface area contributed by atoms with Gasteiger partial charge in [0.25, 0.3) is 0 Å². The molecule has 0 aromatic carbocycles. The number of aromatic nitrogens is 2. The molecule has 2 aliphatic rings. The van der Waals surface area contributed by atoms with Gasteiger partial charge in [-0.25, -0.2) is 14.6 Å². The minimum atomic E-state index is -5.08. The number of aliphatic carboxylic acids is 2. The van der Waals surface area contributed by atoms with E-state index in [1.807, 2.05) is 34.8 Å². The number of nitrogens with zero attached hydrogens (tertiary/aromatic N) is 4. The normalized spacial score (nSPS) is 21.1. The summed E-state index contributed by atoms with van der Waals surface area (Å²) >= 11 is 1.66. The lowest BCUT2D eigenvalue weighted by atomic mass is 9.77. The minimum absolute atomic E-state index is 0.173. The fourth-order valence-electron chi connectivity index (χ4n) is 4.26. The van der Waals surface area contributed by atoms with Crippen LogP contribution in [0, 0.1) is 5.41 Å². The van der Waals surface area contributed by atoms with E-state index in [1.54, 1.807) is 17.5 Å². The first kappa shape index (κ1) is 31.7. The lowest BCUT2D eigenvalue weighted by Crippen LogP contribution is -2.39. The third-order valence-electron chi connectivity index (χ3n) is 5.87. The summed E-state index contributed by atoms with van der Waals surface area (Å²) in [6.07, 6.45) is -1.91. The van der Waals surface area contributed by atoms with Crippen LogP contribution in [0.1, 0.15) is 22.9 Å². The average molecular weight is 583 g/mol. The van der Waals surface area contributed by atoms with Crippen molar-refractivity contribution in [2.24, 2.45) is 5.41 Å². The van der Waals surface area contributed by atoms with Gasteiger partial charge in [0.05, 0.1) is 10.4 Å². The number of rotatable bonds is 5. The van der Waals surface area contributed by atoms with Crippen molar-refractivity contribution in [1.82, 2.24) is 19.8 Å². The van der Waals surface area contributed by atoms with Crippen LogP contribution in [0.3, 0.4) is 0 Å². The van der Waals surface area contributed by atoms with Crippen molar-refractivity contribution in [2.45, 2.75) is 31.2 Å². The number of hydrogen-bond acceptors (Lipinski definition) is 7. The van der Waals surface area contributed by atoms with Crippen molar-refractivity contribution >= 4 is 29.2 Å². The van der Waals surface area contributed by atoms with E-state index in [-0.39, 0.29) is 17.2 Å². The molecular formula is C23H24F6N4O5S. The number of likely N-dealkylation sites (tertiary alicyclic amines) is 2. The van der Waals surface area contributed by atoms with Gasteiger partial charge in [0.15, 0.2) is 0 Å². The van der Waals surface area contributed by atoms with Gasteiger partial charge in [-0.3, -0.25) is 14.7 Å². The predicted octanol–water partition coefficient (Wildman–Crippen LogP) is 3.81. The van der Waals surface area contributed by atoms with Gasteiger partial charge >= 0.3 is 24.3 Å². The monoisotopic (exact) mass is 582 g/mol. The maximum Gasteiger partial charge on any atom is 0.490 e. The summed E-state index contributed by atoms with van der Waals surface area (Å²) in [5.41, 5.74) is 0.842. The zero-order valence-electron chi connectivity index (χ0n) is 20.2. The third-order valence-corrected chi connectivity index (χ3v) is 6.76. The number of carboxylic acids is 2. The zero-order valence-corrected chi connectivity index (χ0v) is 21.0. The van der Waals surface area contributed by atoms with E-state index in [4.69, 9.17) is 19.8 Å². The molecule has 2 aromatic rings. The molecule has 39 heavy (non-hydrogen) atoms. The number of amides is 1. The quantitative estimate of drug-likeness (QED) is 0.403. The van der Waals surface area contributed by atoms with Gasteiger partial charge in [-0.15, -0.1) is 17.9 Å². The summed E-state index contributed by atoms with van der Waals surface area (Å²) < 4.78 is 63.5. The second kappa shape index (κ2) is 13.0. The molecule has 2 atom stereocenters. The summed E-state index contributed by atoms with van der Waals surface area (Å²) in [6.45, 7) is 7.72. The number of halogens is 6. The van der Waals surface area contributed by atoms with Crippen LogP contribution in [-0.4, -0.2) is 86.4 Å². The highest BCUT2D eigenvalue weighted by Crippen LogP contribution is 2.50. The highest BCUT2D eigenvalue weighted by molar-refractivity contribution is 7.09. The molecule has 0 radical (unpaired) electrons. The SMILES string of the molecule is C=CCN1CCC2(CN(Cc3cccnc3)CC2c2nccs2)C1=O.O=C(O)C(F)(F)F.O=C(O)C(F)(F)F. The molecule has 2 aromatic heterocycles. The maximum absolute atomic E-state index is 13.2. The number of carbonyl (C=O) groups excluding carboxylic acids is 1. The van der Waals surface area contributed by atoms with Crippen LogP contribution in [-0.2, 0) is 20.9 Å². The van der Waals surface area contributed by atoms with Gasteiger partial charge < -0.3 is 15.1 Å². The Balaban J connectivity index is 0.000000317. The Hall–Kier alpha value is -3.53. The standard InChI is InChI=1S/C19H22N4OS.2C2HF3O2/c1-2-8-23-9-5-19(18(23)24)14-22(12-15-4-3-6-20-11-15)13-16(19)17-21-7-10-25-17;2*3-2(4,5)1(6)7/h2-4,6-7,10-11,16H,1,5,8-9,12-14H2;2*(H,6,7). The smallest absolute Gasteiger partial charge is 0.475 e. The van der Waals surface area contributed by atoms with Crippen molar-refractivity contribution < 1.29 is 50.9 Å². The Labute approximate surface area is 222 Å². The summed E-state index contributed by atoms with van der Waals surface area (Å²) in [6, 6.07) is 4.06.